The summed E-state index contributed by atoms with van der Waals surface area (Å²) in [4.78, 5) is 11.7. The first-order chi connectivity index (χ1) is 7.86. The molecule has 0 atom stereocenters. The lowest BCUT2D eigenvalue weighted by atomic mass is 9.89. The standard InChI is InChI=1S/C13H17F2NO/c1-4-13(2,3)12(17)16-8-9-5-6-10(14)7-11(9)15/h5-7H,4,8H2,1-3H3,(H,16,17). The number of halogens is 2. The first-order valence-corrected chi connectivity index (χ1v) is 5.59. The van der Waals surface area contributed by atoms with E-state index >= 15 is 0 Å². The first-order valence-electron chi connectivity index (χ1n) is 5.59. The van der Waals surface area contributed by atoms with Crippen LogP contribution in [0.4, 0.5) is 8.78 Å². The Labute approximate surface area is 100 Å². The first kappa shape index (κ1) is 13.6. The molecule has 0 bridgehead atoms. The van der Waals surface area contributed by atoms with Gasteiger partial charge in [-0.3, -0.25) is 4.79 Å². The molecule has 17 heavy (non-hydrogen) atoms. The van der Waals surface area contributed by atoms with Gasteiger partial charge >= 0.3 is 0 Å². The summed E-state index contributed by atoms with van der Waals surface area (Å²) in [5, 5.41) is 2.65. The molecule has 4 heteroatoms. The van der Waals surface area contributed by atoms with Crippen LogP contribution in [0.15, 0.2) is 18.2 Å². The molecule has 0 aromatic heterocycles. The molecule has 1 amide bonds. The number of carbonyl (C=O) groups is 1. The van der Waals surface area contributed by atoms with E-state index < -0.39 is 17.0 Å². The fourth-order valence-corrected chi connectivity index (χ4v) is 1.24. The van der Waals surface area contributed by atoms with Crippen LogP contribution in [0, 0.1) is 17.0 Å². The highest BCUT2D eigenvalue weighted by molar-refractivity contribution is 5.81. The minimum absolute atomic E-state index is 0.0778. The van der Waals surface area contributed by atoms with Gasteiger partial charge in [-0.1, -0.05) is 26.8 Å². The van der Waals surface area contributed by atoms with Crippen molar-refractivity contribution in [1.29, 1.82) is 0 Å². The second-order valence-electron chi connectivity index (χ2n) is 4.66. The molecule has 1 aromatic rings. The van der Waals surface area contributed by atoms with Crippen molar-refractivity contribution in [1.82, 2.24) is 5.32 Å². The SMILES string of the molecule is CCC(C)(C)C(=O)NCc1ccc(F)cc1F. The maximum atomic E-state index is 13.3. The third kappa shape index (κ3) is 3.51. The van der Waals surface area contributed by atoms with E-state index in [4.69, 9.17) is 0 Å². The zero-order chi connectivity index (χ0) is 13.1. The second kappa shape index (κ2) is 5.25. The van der Waals surface area contributed by atoms with Gasteiger partial charge in [0.15, 0.2) is 0 Å². The zero-order valence-corrected chi connectivity index (χ0v) is 10.3. The van der Waals surface area contributed by atoms with E-state index in [9.17, 15) is 13.6 Å². The van der Waals surface area contributed by atoms with Gasteiger partial charge in [-0.15, -0.1) is 0 Å². The van der Waals surface area contributed by atoms with Gasteiger partial charge in [0.2, 0.25) is 5.91 Å². The fraction of sp³-hybridized carbons (Fsp3) is 0.462. The van der Waals surface area contributed by atoms with Crippen molar-refractivity contribution in [2.45, 2.75) is 33.7 Å². The lowest BCUT2D eigenvalue weighted by molar-refractivity contribution is -0.129. The molecule has 2 nitrogen and oxygen atoms in total. The summed E-state index contributed by atoms with van der Waals surface area (Å²) in [7, 11) is 0. The molecular weight excluding hydrogens is 224 g/mol. The van der Waals surface area contributed by atoms with Gasteiger partial charge in [-0.05, 0) is 12.5 Å². The average Bonchev–Trinajstić information content (AvgIpc) is 2.27. The number of hydrogen-bond donors (Lipinski definition) is 1. The fourth-order valence-electron chi connectivity index (χ4n) is 1.24. The lowest BCUT2D eigenvalue weighted by Crippen LogP contribution is -2.36. The molecule has 0 aliphatic rings. The Hall–Kier alpha value is -1.45. The maximum Gasteiger partial charge on any atom is 0.225 e. The molecule has 0 saturated heterocycles. The number of carbonyl (C=O) groups excluding carboxylic acids is 1. The summed E-state index contributed by atoms with van der Waals surface area (Å²) in [6.07, 6.45) is 0.699. The van der Waals surface area contributed by atoms with Gasteiger partial charge in [0, 0.05) is 23.6 Å². The van der Waals surface area contributed by atoms with Crippen molar-refractivity contribution >= 4 is 5.91 Å². The van der Waals surface area contributed by atoms with Crippen LogP contribution in [-0.4, -0.2) is 5.91 Å². The normalized spacial score (nSPS) is 11.4. The van der Waals surface area contributed by atoms with Crippen molar-refractivity contribution < 1.29 is 13.6 Å². The molecular formula is C13H17F2NO. The van der Waals surface area contributed by atoms with E-state index in [-0.39, 0.29) is 18.0 Å². The summed E-state index contributed by atoms with van der Waals surface area (Å²) in [5.41, 5.74) is -0.192. The summed E-state index contributed by atoms with van der Waals surface area (Å²) >= 11 is 0. The van der Waals surface area contributed by atoms with Crippen molar-refractivity contribution in [2.24, 2.45) is 5.41 Å². The predicted molar refractivity (Wildman–Crippen MR) is 62.3 cm³/mol. The van der Waals surface area contributed by atoms with Crippen LogP contribution in [0.3, 0.4) is 0 Å². The third-order valence-corrected chi connectivity index (χ3v) is 2.95. The van der Waals surface area contributed by atoms with Gasteiger partial charge in [0.25, 0.3) is 0 Å². The van der Waals surface area contributed by atoms with Crippen LogP contribution in [-0.2, 0) is 11.3 Å². The van der Waals surface area contributed by atoms with E-state index in [2.05, 4.69) is 5.32 Å². The molecule has 1 rings (SSSR count). The summed E-state index contributed by atoms with van der Waals surface area (Å²) < 4.78 is 26.0. The number of rotatable bonds is 4. The highest BCUT2D eigenvalue weighted by Crippen LogP contribution is 2.19. The number of nitrogens with one attached hydrogen (secondary N) is 1. The number of amides is 1. The summed E-state index contributed by atoms with van der Waals surface area (Å²) in [6.45, 7) is 5.64. The molecule has 0 saturated carbocycles. The molecule has 0 aliphatic carbocycles. The van der Waals surface area contributed by atoms with Crippen molar-refractivity contribution in [3.05, 3.63) is 35.4 Å². The Kier molecular flexibility index (Phi) is 4.21. The van der Waals surface area contributed by atoms with Gasteiger partial charge in [-0.2, -0.15) is 0 Å². The molecule has 0 unspecified atom stereocenters. The van der Waals surface area contributed by atoms with E-state index in [1.165, 1.54) is 12.1 Å². The van der Waals surface area contributed by atoms with Crippen molar-refractivity contribution in [3.8, 4) is 0 Å². The van der Waals surface area contributed by atoms with Gasteiger partial charge in [-0.25, -0.2) is 8.78 Å². The Balaban J connectivity index is 2.65. The smallest absolute Gasteiger partial charge is 0.225 e. The zero-order valence-electron chi connectivity index (χ0n) is 10.3. The van der Waals surface area contributed by atoms with Crippen LogP contribution in [0.25, 0.3) is 0 Å². The average molecular weight is 241 g/mol. The van der Waals surface area contributed by atoms with E-state index in [1.54, 1.807) is 0 Å². The third-order valence-electron chi connectivity index (χ3n) is 2.95. The monoisotopic (exact) mass is 241 g/mol. The molecule has 0 aliphatic heterocycles. The highest BCUT2D eigenvalue weighted by Gasteiger charge is 2.24. The molecule has 1 aromatic carbocycles. The molecule has 0 heterocycles. The molecule has 94 valence electrons. The Bertz CT molecular complexity index is 416. The maximum absolute atomic E-state index is 13.3. The Morgan fingerprint density at radius 3 is 2.53 bits per heavy atom. The predicted octanol–water partition coefficient (Wildman–Crippen LogP) is 3.02. The molecule has 0 spiro atoms. The van der Waals surface area contributed by atoms with E-state index in [0.29, 0.717) is 6.42 Å². The number of benzene rings is 1. The summed E-state index contributed by atoms with van der Waals surface area (Å²) in [5.74, 6) is -1.39. The van der Waals surface area contributed by atoms with Crippen LogP contribution < -0.4 is 5.32 Å². The Morgan fingerprint density at radius 2 is 2.00 bits per heavy atom. The Morgan fingerprint density at radius 1 is 1.35 bits per heavy atom. The van der Waals surface area contributed by atoms with Crippen LogP contribution in [0.2, 0.25) is 0 Å². The van der Waals surface area contributed by atoms with Gasteiger partial charge in [0.1, 0.15) is 11.6 Å². The second-order valence-corrected chi connectivity index (χ2v) is 4.66. The van der Waals surface area contributed by atoms with Crippen LogP contribution >= 0.6 is 0 Å². The van der Waals surface area contributed by atoms with E-state index in [1.807, 2.05) is 20.8 Å². The molecule has 0 radical (unpaired) electrons. The van der Waals surface area contributed by atoms with E-state index in [0.717, 1.165) is 6.07 Å². The van der Waals surface area contributed by atoms with Crippen LogP contribution in [0.1, 0.15) is 32.8 Å². The number of hydrogen-bond acceptors (Lipinski definition) is 1. The quantitative estimate of drug-likeness (QED) is 0.862. The van der Waals surface area contributed by atoms with Gasteiger partial charge < -0.3 is 5.32 Å². The van der Waals surface area contributed by atoms with Crippen molar-refractivity contribution in [3.63, 3.8) is 0 Å². The van der Waals surface area contributed by atoms with Crippen LogP contribution in [0.5, 0.6) is 0 Å². The van der Waals surface area contributed by atoms with Gasteiger partial charge in [0.05, 0.1) is 0 Å². The molecule has 1 N–H and O–H groups in total. The minimum Gasteiger partial charge on any atom is -0.351 e. The lowest BCUT2D eigenvalue weighted by Gasteiger charge is -2.21. The largest absolute Gasteiger partial charge is 0.351 e. The summed E-state index contributed by atoms with van der Waals surface area (Å²) in [6, 6.07) is 3.33. The van der Waals surface area contributed by atoms with Crippen molar-refractivity contribution in [2.75, 3.05) is 0 Å². The molecule has 0 fully saturated rings. The topological polar surface area (TPSA) is 29.1 Å². The highest BCUT2D eigenvalue weighted by atomic mass is 19.1. The minimum atomic E-state index is -0.639.